The van der Waals surface area contributed by atoms with E-state index in [4.69, 9.17) is 0 Å². The fourth-order valence-corrected chi connectivity index (χ4v) is 1.82. The van der Waals surface area contributed by atoms with Crippen molar-refractivity contribution in [2.24, 2.45) is 0 Å². The molecule has 2 rings (SSSR count). The number of carbonyl (C=O) groups excluding carboxylic acids is 1. The highest BCUT2D eigenvalue weighted by atomic mass is 19.1. The summed E-state index contributed by atoms with van der Waals surface area (Å²) in [6.07, 6.45) is 0. The van der Waals surface area contributed by atoms with Crippen LogP contribution in [0, 0.1) is 12.7 Å². The molecule has 2 aromatic carbocycles. The molecule has 0 radical (unpaired) electrons. The molecular weight excluding hydrogens is 255 g/mol. The first-order valence-electron chi connectivity index (χ1n) is 6.45. The van der Waals surface area contributed by atoms with Crippen LogP contribution in [0.5, 0.6) is 0 Å². The molecular formula is C16H17FN2O. The van der Waals surface area contributed by atoms with E-state index in [9.17, 15) is 9.18 Å². The minimum absolute atomic E-state index is 0.136. The van der Waals surface area contributed by atoms with Crippen molar-refractivity contribution in [3.63, 3.8) is 0 Å². The van der Waals surface area contributed by atoms with E-state index in [0.717, 1.165) is 11.3 Å². The van der Waals surface area contributed by atoms with Gasteiger partial charge in [-0.2, -0.15) is 0 Å². The Labute approximate surface area is 117 Å². The van der Waals surface area contributed by atoms with Crippen molar-refractivity contribution in [1.82, 2.24) is 0 Å². The van der Waals surface area contributed by atoms with Gasteiger partial charge in [-0.3, -0.25) is 4.79 Å². The predicted octanol–water partition coefficient (Wildman–Crippen LogP) is 3.57. The molecule has 0 spiro atoms. The Morgan fingerprint density at radius 1 is 1.10 bits per heavy atom. The predicted molar refractivity (Wildman–Crippen MR) is 79.3 cm³/mol. The van der Waals surface area contributed by atoms with Crippen molar-refractivity contribution in [1.29, 1.82) is 0 Å². The lowest BCUT2D eigenvalue weighted by molar-refractivity contribution is -0.116. The monoisotopic (exact) mass is 272 g/mol. The molecule has 0 aliphatic carbocycles. The van der Waals surface area contributed by atoms with Crippen LogP contribution in [0.1, 0.15) is 12.5 Å². The molecule has 3 nitrogen and oxygen atoms in total. The molecule has 2 aromatic rings. The van der Waals surface area contributed by atoms with Gasteiger partial charge in [-0.25, -0.2) is 4.39 Å². The molecule has 0 aromatic heterocycles. The van der Waals surface area contributed by atoms with Crippen molar-refractivity contribution in [2.75, 3.05) is 10.6 Å². The maximum absolute atomic E-state index is 12.8. The summed E-state index contributed by atoms with van der Waals surface area (Å²) in [6.45, 7) is 3.70. The van der Waals surface area contributed by atoms with Gasteiger partial charge in [0.05, 0.1) is 0 Å². The molecule has 0 heterocycles. The van der Waals surface area contributed by atoms with Gasteiger partial charge in [0.15, 0.2) is 0 Å². The molecule has 0 fully saturated rings. The number of halogens is 1. The van der Waals surface area contributed by atoms with Gasteiger partial charge in [-0.1, -0.05) is 18.2 Å². The molecule has 104 valence electrons. The largest absolute Gasteiger partial charge is 0.374 e. The Morgan fingerprint density at radius 3 is 2.40 bits per heavy atom. The molecule has 0 bridgehead atoms. The summed E-state index contributed by atoms with van der Waals surface area (Å²) in [5, 5.41) is 5.90. The van der Waals surface area contributed by atoms with Crippen molar-refractivity contribution in [2.45, 2.75) is 19.9 Å². The highest BCUT2D eigenvalue weighted by Gasteiger charge is 2.13. The standard InChI is InChI=1S/C16H17FN2O/c1-11-5-3-4-6-15(11)19-16(20)12(2)18-14-9-7-13(17)8-10-14/h3-10,12,18H,1-2H3,(H,19,20). The van der Waals surface area contributed by atoms with Crippen LogP contribution in [0.25, 0.3) is 0 Å². The van der Waals surface area contributed by atoms with Gasteiger partial charge in [0.2, 0.25) is 5.91 Å². The first kappa shape index (κ1) is 14.1. The molecule has 0 saturated heterocycles. The Balaban J connectivity index is 1.99. The van der Waals surface area contributed by atoms with Crippen LogP contribution >= 0.6 is 0 Å². The average Bonchev–Trinajstić information content (AvgIpc) is 2.44. The van der Waals surface area contributed by atoms with Crippen molar-refractivity contribution in [3.05, 3.63) is 59.9 Å². The smallest absolute Gasteiger partial charge is 0.246 e. The van der Waals surface area contributed by atoms with E-state index in [1.165, 1.54) is 12.1 Å². The van der Waals surface area contributed by atoms with Gasteiger partial charge in [-0.15, -0.1) is 0 Å². The number of carbonyl (C=O) groups is 1. The Bertz CT molecular complexity index is 596. The summed E-state index contributed by atoms with van der Waals surface area (Å²) in [4.78, 5) is 12.1. The number of amides is 1. The van der Waals surface area contributed by atoms with Gasteiger partial charge in [-0.05, 0) is 49.7 Å². The number of hydrogen-bond acceptors (Lipinski definition) is 2. The second-order valence-corrected chi connectivity index (χ2v) is 4.68. The Morgan fingerprint density at radius 2 is 1.75 bits per heavy atom. The summed E-state index contributed by atoms with van der Waals surface area (Å²) in [5.74, 6) is -0.434. The van der Waals surface area contributed by atoms with Crippen LogP contribution in [0.3, 0.4) is 0 Å². The third kappa shape index (κ3) is 3.57. The van der Waals surface area contributed by atoms with Crippen molar-refractivity contribution < 1.29 is 9.18 Å². The first-order valence-corrected chi connectivity index (χ1v) is 6.45. The zero-order valence-corrected chi connectivity index (χ0v) is 11.5. The maximum Gasteiger partial charge on any atom is 0.246 e. The van der Waals surface area contributed by atoms with E-state index in [0.29, 0.717) is 5.69 Å². The molecule has 1 atom stereocenters. The van der Waals surface area contributed by atoms with Crippen LogP contribution < -0.4 is 10.6 Å². The van der Waals surface area contributed by atoms with Gasteiger partial charge in [0.1, 0.15) is 11.9 Å². The van der Waals surface area contributed by atoms with E-state index in [2.05, 4.69) is 10.6 Å². The van der Waals surface area contributed by atoms with E-state index >= 15 is 0 Å². The number of rotatable bonds is 4. The van der Waals surface area contributed by atoms with E-state index in [-0.39, 0.29) is 11.7 Å². The van der Waals surface area contributed by atoms with Gasteiger partial charge in [0, 0.05) is 11.4 Å². The zero-order valence-electron chi connectivity index (χ0n) is 11.5. The SMILES string of the molecule is Cc1ccccc1NC(=O)C(C)Nc1ccc(F)cc1. The normalized spacial score (nSPS) is 11.8. The second kappa shape index (κ2) is 6.19. The first-order chi connectivity index (χ1) is 9.56. The summed E-state index contributed by atoms with van der Waals surface area (Å²) in [5.41, 5.74) is 2.51. The Kier molecular flexibility index (Phi) is 4.35. The molecule has 2 N–H and O–H groups in total. The van der Waals surface area contributed by atoms with E-state index in [1.54, 1.807) is 19.1 Å². The van der Waals surface area contributed by atoms with E-state index in [1.807, 2.05) is 31.2 Å². The highest BCUT2D eigenvalue weighted by Crippen LogP contribution is 2.15. The maximum atomic E-state index is 12.8. The topological polar surface area (TPSA) is 41.1 Å². The quantitative estimate of drug-likeness (QED) is 0.893. The molecule has 0 aliphatic heterocycles. The summed E-state index contributed by atoms with van der Waals surface area (Å²) in [6, 6.07) is 13.1. The summed E-state index contributed by atoms with van der Waals surface area (Å²) in [7, 11) is 0. The molecule has 1 unspecified atom stereocenters. The van der Waals surface area contributed by atoms with Gasteiger partial charge in [0.25, 0.3) is 0 Å². The van der Waals surface area contributed by atoms with Gasteiger partial charge >= 0.3 is 0 Å². The molecule has 4 heteroatoms. The number of aryl methyl sites for hydroxylation is 1. The van der Waals surface area contributed by atoms with Crippen LogP contribution in [0.4, 0.5) is 15.8 Å². The molecule has 0 saturated carbocycles. The Hall–Kier alpha value is -2.36. The number of para-hydroxylation sites is 1. The lowest BCUT2D eigenvalue weighted by Crippen LogP contribution is -2.32. The lowest BCUT2D eigenvalue weighted by atomic mass is 10.2. The number of nitrogens with one attached hydrogen (secondary N) is 2. The minimum atomic E-state index is -0.417. The van der Waals surface area contributed by atoms with Crippen molar-refractivity contribution >= 4 is 17.3 Å². The molecule has 0 aliphatic rings. The molecule has 1 amide bonds. The third-order valence-corrected chi connectivity index (χ3v) is 3.02. The van der Waals surface area contributed by atoms with Gasteiger partial charge < -0.3 is 10.6 Å². The summed E-state index contributed by atoms with van der Waals surface area (Å²) < 4.78 is 12.8. The fraction of sp³-hybridized carbons (Fsp3) is 0.188. The average molecular weight is 272 g/mol. The van der Waals surface area contributed by atoms with Crippen molar-refractivity contribution in [3.8, 4) is 0 Å². The second-order valence-electron chi connectivity index (χ2n) is 4.68. The third-order valence-electron chi connectivity index (χ3n) is 3.02. The zero-order chi connectivity index (χ0) is 14.5. The molecule has 20 heavy (non-hydrogen) atoms. The fourth-order valence-electron chi connectivity index (χ4n) is 1.82. The van der Waals surface area contributed by atoms with Crippen LogP contribution in [-0.4, -0.2) is 11.9 Å². The number of benzene rings is 2. The van der Waals surface area contributed by atoms with Crippen LogP contribution in [-0.2, 0) is 4.79 Å². The van der Waals surface area contributed by atoms with Crippen LogP contribution in [0.2, 0.25) is 0 Å². The minimum Gasteiger partial charge on any atom is -0.374 e. The number of hydrogen-bond donors (Lipinski definition) is 2. The van der Waals surface area contributed by atoms with Crippen LogP contribution in [0.15, 0.2) is 48.5 Å². The lowest BCUT2D eigenvalue weighted by Gasteiger charge is -2.16. The summed E-state index contributed by atoms with van der Waals surface area (Å²) >= 11 is 0. The number of anilines is 2. The highest BCUT2D eigenvalue weighted by molar-refractivity contribution is 5.96. The van der Waals surface area contributed by atoms with E-state index < -0.39 is 6.04 Å².